The Bertz CT molecular complexity index is 874. The number of fused-ring (bicyclic) bond motifs is 1. The summed E-state index contributed by atoms with van der Waals surface area (Å²) in [5, 5.41) is 8.36. The molecule has 8 nitrogen and oxygen atoms in total. The van der Waals surface area contributed by atoms with E-state index in [1.54, 1.807) is 0 Å². The molecule has 0 bridgehead atoms. The van der Waals surface area contributed by atoms with Gasteiger partial charge in [0.2, 0.25) is 10.0 Å². The molecule has 1 atom stereocenters. The van der Waals surface area contributed by atoms with Crippen LogP contribution in [0.25, 0.3) is 0 Å². The zero-order valence-electron chi connectivity index (χ0n) is 15.1. The molecule has 0 aromatic carbocycles. The van der Waals surface area contributed by atoms with Crippen molar-refractivity contribution in [3.8, 4) is 0 Å². The quantitative estimate of drug-likeness (QED) is 0.644. The number of Topliss-reactive ketones (excluding diaryl/α,β-unsaturated/α-hetero) is 1. The van der Waals surface area contributed by atoms with Crippen molar-refractivity contribution in [1.82, 2.24) is 9.62 Å². The standard InChI is InChI=1S/C15H25N3O5S3/c1-4-17-12-9-18(7-5-6-13(19)10(2)3)26(22,23)15-11(12)8-14(24-15)25(16,20)21/h8,10,12,17H,4-7,9H2,1-3H3,(H2,16,20,21). The van der Waals surface area contributed by atoms with E-state index < -0.39 is 20.0 Å². The average Bonchev–Trinajstić information content (AvgIpc) is 2.98. The summed E-state index contributed by atoms with van der Waals surface area (Å²) in [5.41, 5.74) is 0.440. The van der Waals surface area contributed by atoms with Crippen molar-refractivity contribution < 1.29 is 21.6 Å². The number of likely N-dealkylation sites (N-methyl/N-ethyl adjacent to an activating group) is 1. The number of nitrogens with two attached hydrogens (primary N) is 1. The second-order valence-corrected chi connectivity index (χ2v) is 11.5. The fourth-order valence-corrected chi connectivity index (χ4v) is 7.13. The number of thiophene rings is 1. The van der Waals surface area contributed by atoms with E-state index in [1.165, 1.54) is 10.4 Å². The molecular formula is C15H25N3O5S3. The monoisotopic (exact) mass is 423 g/mol. The van der Waals surface area contributed by atoms with Crippen LogP contribution in [0.3, 0.4) is 0 Å². The van der Waals surface area contributed by atoms with E-state index in [2.05, 4.69) is 5.32 Å². The molecule has 2 heterocycles. The van der Waals surface area contributed by atoms with Crippen LogP contribution in [0.4, 0.5) is 0 Å². The van der Waals surface area contributed by atoms with Crippen LogP contribution in [0.1, 0.15) is 45.2 Å². The number of hydrogen-bond donors (Lipinski definition) is 2. The summed E-state index contributed by atoms with van der Waals surface area (Å²) in [6, 6.07) is 1.03. The molecule has 1 aromatic heterocycles. The molecule has 11 heteroatoms. The summed E-state index contributed by atoms with van der Waals surface area (Å²) in [4.78, 5) is 11.8. The Balaban J connectivity index is 2.31. The maximum Gasteiger partial charge on any atom is 0.252 e. The molecule has 0 fully saturated rings. The molecular weight excluding hydrogens is 398 g/mol. The Morgan fingerprint density at radius 1 is 1.46 bits per heavy atom. The van der Waals surface area contributed by atoms with Gasteiger partial charge < -0.3 is 5.32 Å². The van der Waals surface area contributed by atoms with Crippen LogP contribution < -0.4 is 10.5 Å². The minimum Gasteiger partial charge on any atom is -0.309 e. The first-order chi connectivity index (χ1) is 12.0. The first-order valence-corrected chi connectivity index (χ1v) is 12.2. The third kappa shape index (κ3) is 4.52. The molecule has 148 valence electrons. The SMILES string of the molecule is CCNC1CN(CCCC(=O)C(C)C)S(=O)(=O)c2sc(S(N)(=O)=O)cc21. The van der Waals surface area contributed by atoms with Crippen LogP contribution in [0.2, 0.25) is 0 Å². The van der Waals surface area contributed by atoms with E-state index in [0.29, 0.717) is 36.3 Å². The molecule has 0 spiro atoms. The molecule has 1 aromatic rings. The largest absolute Gasteiger partial charge is 0.309 e. The van der Waals surface area contributed by atoms with Crippen LogP contribution in [0, 0.1) is 5.92 Å². The van der Waals surface area contributed by atoms with E-state index in [1.807, 2.05) is 20.8 Å². The topological polar surface area (TPSA) is 127 Å². The van der Waals surface area contributed by atoms with Crippen LogP contribution >= 0.6 is 11.3 Å². The lowest BCUT2D eigenvalue weighted by molar-refractivity contribution is -0.122. The smallest absolute Gasteiger partial charge is 0.252 e. The second kappa shape index (κ2) is 8.03. The fraction of sp³-hybridized carbons (Fsp3) is 0.667. The maximum atomic E-state index is 12.9. The first-order valence-electron chi connectivity index (χ1n) is 8.41. The number of rotatable bonds is 8. The number of nitrogens with one attached hydrogen (secondary N) is 1. The molecule has 0 amide bonds. The summed E-state index contributed by atoms with van der Waals surface area (Å²) in [7, 11) is -7.79. The Hall–Kier alpha value is -0.850. The van der Waals surface area contributed by atoms with Crippen molar-refractivity contribution in [3.05, 3.63) is 11.6 Å². The van der Waals surface area contributed by atoms with Crippen molar-refractivity contribution >= 4 is 37.2 Å². The molecule has 0 saturated carbocycles. The molecule has 3 N–H and O–H groups in total. The Labute approximate surface area is 158 Å². The van der Waals surface area contributed by atoms with Crippen LogP contribution in [-0.2, 0) is 24.8 Å². The number of nitrogens with zero attached hydrogens (tertiary/aromatic N) is 1. The third-order valence-electron chi connectivity index (χ3n) is 4.24. The van der Waals surface area contributed by atoms with Gasteiger partial charge in [-0.25, -0.2) is 22.0 Å². The highest BCUT2D eigenvalue weighted by Crippen LogP contribution is 2.39. The Morgan fingerprint density at radius 3 is 2.65 bits per heavy atom. The van der Waals surface area contributed by atoms with Gasteiger partial charge in [0.05, 0.1) is 0 Å². The van der Waals surface area contributed by atoms with E-state index in [9.17, 15) is 21.6 Å². The van der Waals surface area contributed by atoms with Gasteiger partial charge in [-0.3, -0.25) is 4.79 Å². The number of sulfonamides is 2. The van der Waals surface area contributed by atoms with Gasteiger partial charge in [-0.1, -0.05) is 20.8 Å². The van der Waals surface area contributed by atoms with E-state index >= 15 is 0 Å². The van der Waals surface area contributed by atoms with E-state index in [4.69, 9.17) is 5.14 Å². The molecule has 26 heavy (non-hydrogen) atoms. The van der Waals surface area contributed by atoms with Crippen molar-refractivity contribution in [2.45, 2.75) is 48.1 Å². The van der Waals surface area contributed by atoms with Gasteiger partial charge in [-0.15, -0.1) is 11.3 Å². The summed E-state index contributed by atoms with van der Waals surface area (Å²) in [5.74, 6) is 0.0136. The lowest BCUT2D eigenvalue weighted by atomic mass is 10.0. The molecule has 0 radical (unpaired) electrons. The Morgan fingerprint density at radius 2 is 2.12 bits per heavy atom. The highest BCUT2D eigenvalue weighted by Gasteiger charge is 2.39. The van der Waals surface area contributed by atoms with Gasteiger partial charge in [-0.05, 0) is 19.0 Å². The van der Waals surface area contributed by atoms with Crippen molar-refractivity contribution in [2.75, 3.05) is 19.6 Å². The predicted molar refractivity (Wildman–Crippen MR) is 99.9 cm³/mol. The zero-order chi connectivity index (χ0) is 19.7. The number of primary sulfonamides is 1. The predicted octanol–water partition coefficient (Wildman–Crippen LogP) is 1.06. The number of ketones is 1. The molecule has 2 rings (SSSR count). The number of hydrogen-bond acceptors (Lipinski definition) is 7. The highest BCUT2D eigenvalue weighted by atomic mass is 32.3. The van der Waals surface area contributed by atoms with E-state index in [-0.39, 0.29) is 39.3 Å². The molecule has 1 aliphatic rings. The summed E-state index contributed by atoms with van der Waals surface area (Å²) in [6.45, 7) is 6.53. The maximum absolute atomic E-state index is 12.9. The molecule has 0 aliphatic carbocycles. The zero-order valence-corrected chi connectivity index (χ0v) is 17.5. The van der Waals surface area contributed by atoms with Gasteiger partial charge in [0.25, 0.3) is 10.0 Å². The van der Waals surface area contributed by atoms with Gasteiger partial charge in [0.15, 0.2) is 0 Å². The van der Waals surface area contributed by atoms with Gasteiger partial charge >= 0.3 is 0 Å². The van der Waals surface area contributed by atoms with Crippen molar-refractivity contribution in [3.63, 3.8) is 0 Å². The minimum absolute atomic E-state index is 0.00825. The molecule has 1 unspecified atom stereocenters. The number of carbonyl (C=O) groups excluding carboxylic acids is 1. The van der Waals surface area contributed by atoms with Gasteiger partial charge in [0.1, 0.15) is 14.2 Å². The molecule has 0 saturated heterocycles. The van der Waals surface area contributed by atoms with Crippen molar-refractivity contribution in [1.29, 1.82) is 0 Å². The summed E-state index contributed by atoms with van der Waals surface area (Å²) >= 11 is 0.678. The van der Waals surface area contributed by atoms with Gasteiger partial charge in [0, 0.05) is 37.0 Å². The summed E-state index contributed by atoms with van der Waals surface area (Å²) in [6.07, 6.45) is 0.743. The van der Waals surface area contributed by atoms with Crippen LogP contribution in [0.5, 0.6) is 0 Å². The number of carbonyl (C=O) groups is 1. The fourth-order valence-electron chi connectivity index (χ4n) is 2.82. The lowest BCUT2D eigenvalue weighted by Crippen LogP contribution is -2.43. The van der Waals surface area contributed by atoms with Crippen LogP contribution in [0.15, 0.2) is 14.5 Å². The van der Waals surface area contributed by atoms with Crippen molar-refractivity contribution in [2.24, 2.45) is 11.1 Å². The highest BCUT2D eigenvalue weighted by molar-refractivity contribution is 7.94. The normalized spacial score (nSPS) is 20.3. The average molecular weight is 424 g/mol. The third-order valence-corrected chi connectivity index (χ3v) is 9.21. The van der Waals surface area contributed by atoms with Gasteiger partial charge in [-0.2, -0.15) is 4.31 Å². The van der Waals surface area contributed by atoms with Crippen LogP contribution in [-0.4, -0.2) is 46.6 Å². The Kier molecular flexibility index (Phi) is 6.62. The lowest BCUT2D eigenvalue weighted by Gasteiger charge is -2.32. The molecule has 1 aliphatic heterocycles. The minimum atomic E-state index is -3.98. The first kappa shape index (κ1) is 21.5. The van der Waals surface area contributed by atoms with E-state index in [0.717, 1.165) is 0 Å². The summed E-state index contributed by atoms with van der Waals surface area (Å²) < 4.78 is 50.2. The second-order valence-electron chi connectivity index (χ2n) is 6.55.